The molecular formula is C21H17FN2O3. The lowest BCUT2D eigenvalue weighted by atomic mass is 10.1. The molecule has 0 aliphatic carbocycles. The number of hydrogen-bond donors (Lipinski definition) is 2. The summed E-state index contributed by atoms with van der Waals surface area (Å²) in [7, 11) is 0. The zero-order valence-corrected chi connectivity index (χ0v) is 14.3. The second kappa shape index (κ2) is 8.14. The molecule has 27 heavy (non-hydrogen) atoms. The predicted molar refractivity (Wildman–Crippen MR) is 99.8 cm³/mol. The van der Waals surface area contributed by atoms with E-state index in [1.54, 1.807) is 36.4 Å². The average molecular weight is 364 g/mol. The summed E-state index contributed by atoms with van der Waals surface area (Å²) in [5.74, 6) is -0.941. The SMILES string of the molecule is NC(=O)c1ccc(O[C@H](C(=O)Nc2ccc(F)cc2)c2ccccc2)cc1. The number of nitrogens with one attached hydrogen (secondary N) is 1. The van der Waals surface area contributed by atoms with Crippen LogP contribution in [0.3, 0.4) is 0 Å². The number of benzene rings is 3. The molecule has 1 atom stereocenters. The largest absolute Gasteiger partial charge is 0.476 e. The molecule has 0 bridgehead atoms. The second-order valence-electron chi connectivity index (χ2n) is 5.79. The van der Waals surface area contributed by atoms with E-state index in [9.17, 15) is 14.0 Å². The number of carbonyl (C=O) groups excluding carboxylic acids is 2. The van der Waals surface area contributed by atoms with Gasteiger partial charge in [0.15, 0.2) is 0 Å². The third kappa shape index (κ3) is 4.70. The lowest BCUT2D eigenvalue weighted by Crippen LogP contribution is -2.25. The van der Waals surface area contributed by atoms with Crippen molar-refractivity contribution in [2.24, 2.45) is 5.73 Å². The van der Waals surface area contributed by atoms with Crippen LogP contribution >= 0.6 is 0 Å². The van der Waals surface area contributed by atoms with E-state index in [2.05, 4.69) is 5.32 Å². The van der Waals surface area contributed by atoms with E-state index in [0.29, 0.717) is 22.6 Å². The van der Waals surface area contributed by atoms with Gasteiger partial charge in [-0.2, -0.15) is 0 Å². The summed E-state index contributed by atoms with van der Waals surface area (Å²) >= 11 is 0. The molecule has 5 nitrogen and oxygen atoms in total. The molecule has 0 unspecified atom stereocenters. The number of nitrogens with two attached hydrogens (primary N) is 1. The van der Waals surface area contributed by atoms with Crippen LogP contribution in [0.4, 0.5) is 10.1 Å². The molecule has 0 spiro atoms. The molecule has 6 heteroatoms. The van der Waals surface area contributed by atoms with Crippen LogP contribution in [-0.2, 0) is 4.79 Å². The van der Waals surface area contributed by atoms with Gasteiger partial charge in [-0.05, 0) is 48.5 Å². The summed E-state index contributed by atoms with van der Waals surface area (Å²) in [5.41, 5.74) is 6.68. The van der Waals surface area contributed by atoms with Gasteiger partial charge in [0.05, 0.1) is 0 Å². The Kier molecular flexibility index (Phi) is 5.47. The first-order chi connectivity index (χ1) is 13.0. The number of hydrogen-bond acceptors (Lipinski definition) is 3. The van der Waals surface area contributed by atoms with Gasteiger partial charge >= 0.3 is 0 Å². The van der Waals surface area contributed by atoms with E-state index < -0.39 is 23.7 Å². The van der Waals surface area contributed by atoms with E-state index >= 15 is 0 Å². The maximum Gasteiger partial charge on any atom is 0.270 e. The van der Waals surface area contributed by atoms with Crippen LogP contribution in [0, 0.1) is 5.82 Å². The average Bonchev–Trinajstić information content (AvgIpc) is 2.69. The van der Waals surface area contributed by atoms with Crippen LogP contribution in [0.1, 0.15) is 22.0 Å². The molecule has 0 heterocycles. The fourth-order valence-corrected chi connectivity index (χ4v) is 2.48. The maximum absolute atomic E-state index is 13.1. The lowest BCUT2D eigenvalue weighted by Gasteiger charge is -2.19. The van der Waals surface area contributed by atoms with Crippen LogP contribution < -0.4 is 15.8 Å². The van der Waals surface area contributed by atoms with E-state index in [-0.39, 0.29) is 0 Å². The topological polar surface area (TPSA) is 81.4 Å². The first kappa shape index (κ1) is 18.1. The Morgan fingerprint density at radius 3 is 2.11 bits per heavy atom. The minimum Gasteiger partial charge on any atom is -0.476 e. The Morgan fingerprint density at radius 1 is 0.889 bits per heavy atom. The zero-order valence-electron chi connectivity index (χ0n) is 14.3. The summed E-state index contributed by atoms with van der Waals surface area (Å²) in [5, 5.41) is 2.71. The minimum absolute atomic E-state index is 0.342. The molecule has 0 aromatic heterocycles. The smallest absolute Gasteiger partial charge is 0.270 e. The normalized spacial score (nSPS) is 11.4. The van der Waals surface area contributed by atoms with Gasteiger partial charge in [-0.15, -0.1) is 0 Å². The van der Waals surface area contributed by atoms with Crippen molar-refractivity contribution in [1.82, 2.24) is 0 Å². The second-order valence-corrected chi connectivity index (χ2v) is 5.79. The molecule has 0 aliphatic heterocycles. The van der Waals surface area contributed by atoms with E-state index in [0.717, 1.165) is 0 Å². The lowest BCUT2D eigenvalue weighted by molar-refractivity contribution is -0.123. The summed E-state index contributed by atoms with van der Waals surface area (Å²) in [6.45, 7) is 0. The van der Waals surface area contributed by atoms with E-state index in [1.807, 2.05) is 6.07 Å². The molecule has 0 saturated carbocycles. The summed E-state index contributed by atoms with van der Waals surface area (Å²) in [6.07, 6.45) is -0.935. The first-order valence-corrected chi connectivity index (χ1v) is 8.21. The van der Waals surface area contributed by atoms with Crippen molar-refractivity contribution in [2.75, 3.05) is 5.32 Å². The van der Waals surface area contributed by atoms with Crippen molar-refractivity contribution in [3.05, 3.63) is 95.8 Å². The van der Waals surface area contributed by atoms with E-state index in [1.165, 1.54) is 36.4 Å². The molecule has 0 aliphatic rings. The van der Waals surface area contributed by atoms with Crippen LogP contribution in [0.15, 0.2) is 78.9 Å². The molecule has 0 fully saturated rings. The summed E-state index contributed by atoms with van der Waals surface area (Å²) < 4.78 is 18.9. The van der Waals surface area contributed by atoms with Gasteiger partial charge in [0.2, 0.25) is 12.0 Å². The van der Waals surface area contributed by atoms with Crippen molar-refractivity contribution in [3.63, 3.8) is 0 Å². The number of carbonyl (C=O) groups is 2. The molecule has 3 aromatic rings. The Hall–Kier alpha value is -3.67. The molecular weight excluding hydrogens is 347 g/mol. The number of primary amides is 1. The van der Waals surface area contributed by atoms with Crippen LogP contribution in [0.5, 0.6) is 5.75 Å². The highest BCUT2D eigenvalue weighted by molar-refractivity contribution is 5.95. The zero-order chi connectivity index (χ0) is 19.2. The van der Waals surface area contributed by atoms with Gasteiger partial charge in [0.1, 0.15) is 11.6 Å². The predicted octanol–water partition coefficient (Wildman–Crippen LogP) is 3.68. The van der Waals surface area contributed by atoms with Crippen molar-refractivity contribution in [2.45, 2.75) is 6.10 Å². The van der Waals surface area contributed by atoms with Crippen molar-refractivity contribution in [1.29, 1.82) is 0 Å². The van der Waals surface area contributed by atoms with Gasteiger partial charge in [0.25, 0.3) is 5.91 Å². The van der Waals surface area contributed by atoms with Crippen molar-refractivity contribution < 1.29 is 18.7 Å². The number of anilines is 1. The first-order valence-electron chi connectivity index (χ1n) is 8.21. The molecule has 3 N–H and O–H groups in total. The van der Waals surface area contributed by atoms with Gasteiger partial charge in [-0.1, -0.05) is 30.3 Å². The standard InChI is InChI=1S/C21H17FN2O3/c22-16-8-10-17(11-9-16)24-21(26)19(14-4-2-1-3-5-14)27-18-12-6-15(7-13-18)20(23)25/h1-13,19H,(H2,23,25)(H,24,26)/t19-/m0/s1. The molecule has 2 amide bonds. The molecule has 3 aromatic carbocycles. The van der Waals surface area contributed by atoms with Gasteiger partial charge in [-0.25, -0.2) is 4.39 Å². The van der Waals surface area contributed by atoms with Crippen LogP contribution in [-0.4, -0.2) is 11.8 Å². The van der Waals surface area contributed by atoms with Crippen LogP contribution in [0.2, 0.25) is 0 Å². The molecule has 0 saturated heterocycles. The highest BCUT2D eigenvalue weighted by atomic mass is 19.1. The highest BCUT2D eigenvalue weighted by Gasteiger charge is 2.23. The Balaban J connectivity index is 1.83. The highest BCUT2D eigenvalue weighted by Crippen LogP contribution is 2.24. The minimum atomic E-state index is -0.935. The van der Waals surface area contributed by atoms with Gasteiger partial charge < -0.3 is 15.8 Å². The number of ether oxygens (including phenoxy) is 1. The summed E-state index contributed by atoms with van der Waals surface area (Å²) in [6, 6.07) is 20.6. The Labute approximate surface area is 155 Å². The molecule has 3 rings (SSSR count). The van der Waals surface area contributed by atoms with Crippen molar-refractivity contribution >= 4 is 17.5 Å². The third-order valence-corrected chi connectivity index (χ3v) is 3.84. The quantitative estimate of drug-likeness (QED) is 0.700. The fraction of sp³-hybridized carbons (Fsp3) is 0.0476. The molecule has 0 radical (unpaired) electrons. The number of halogens is 1. The van der Waals surface area contributed by atoms with Gasteiger partial charge in [0, 0.05) is 16.8 Å². The number of amides is 2. The monoisotopic (exact) mass is 364 g/mol. The van der Waals surface area contributed by atoms with Gasteiger partial charge in [-0.3, -0.25) is 9.59 Å². The summed E-state index contributed by atoms with van der Waals surface area (Å²) in [4.78, 5) is 24.0. The molecule has 136 valence electrons. The maximum atomic E-state index is 13.1. The Morgan fingerprint density at radius 2 is 1.52 bits per heavy atom. The van der Waals surface area contributed by atoms with Crippen LogP contribution in [0.25, 0.3) is 0 Å². The third-order valence-electron chi connectivity index (χ3n) is 3.84. The number of rotatable bonds is 6. The fourth-order valence-electron chi connectivity index (χ4n) is 2.48. The van der Waals surface area contributed by atoms with E-state index in [4.69, 9.17) is 10.5 Å². The van der Waals surface area contributed by atoms with Crippen molar-refractivity contribution in [3.8, 4) is 5.75 Å². The Bertz CT molecular complexity index is 926.